The highest BCUT2D eigenvalue weighted by molar-refractivity contribution is 6.30. The lowest BCUT2D eigenvalue weighted by molar-refractivity contribution is -0.137. The SMILES string of the molecule is Cn1c(-c2ccc(Cl)cc2F)nnc1-c1ccccc1C(F)(F)F. The molecule has 0 N–H and O–H groups in total. The number of benzene rings is 2. The van der Waals surface area contributed by atoms with Gasteiger partial charge >= 0.3 is 6.18 Å². The van der Waals surface area contributed by atoms with Crippen molar-refractivity contribution in [2.45, 2.75) is 6.18 Å². The van der Waals surface area contributed by atoms with Crippen LogP contribution in [0.1, 0.15) is 5.56 Å². The second-order valence-electron chi connectivity index (χ2n) is 5.07. The van der Waals surface area contributed by atoms with E-state index in [0.29, 0.717) is 0 Å². The van der Waals surface area contributed by atoms with Crippen LogP contribution in [0.5, 0.6) is 0 Å². The number of hydrogen-bond acceptors (Lipinski definition) is 2. The Balaban J connectivity index is 2.16. The van der Waals surface area contributed by atoms with Gasteiger partial charge < -0.3 is 4.57 Å². The highest BCUT2D eigenvalue weighted by Gasteiger charge is 2.34. The Morgan fingerprint density at radius 1 is 0.958 bits per heavy atom. The van der Waals surface area contributed by atoms with Crippen LogP contribution in [0.2, 0.25) is 5.02 Å². The van der Waals surface area contributed by atoms with E-state index >= 15 is 0 Å². The zero-order chi connectivity index (χ0) is 17.5. The van der Waals surface area contributed by atoms with Gasteiger partial charge in [-0.2, -0.15) is 13.2 Å². The minimum atomic E-state index is -4.53. The molecule has 1 heterocycles. The first-order valence-electron chi connectivity index (χ1n) is 6.80. The fraction of sp³-hybridized carbons (Fsp3) is 0.125. The van der Waals surface area contributed by atoms with Crippen molar-refractivity contribution >= 4 is 11.6 Å². The van der Waals surface area contributed by atoms with Crippen LogP contribution in [0.4, 0.5) is 17.6 Å². The van der Waals surface area contributed by atoms with Crippen LogP contribution in [0.15, 0.2) is 42.5 Å². The molecule has 0 saturated carbocycles. The molecule has 1 aromatic heterocycles. The summed E-state index contributed by atoms with van der Waals surface area (Å²) in [4.78, 5) is 0. The molecule has 24 heavy (non-hydrogen) atoms. The van der Waals surface area contributed by atoms with Crippen molar-refractivity contribution in [3.8, 4) is 22.8 Å². The molecule has 0 bridgehead atoms. The highest BCUT2D eigenvalue weighted by atomic mass is 35.5. The van der Waals surface area contributed by atoms with Crippen LogP contribution in [-0.4, -0.2) is 14.8 Å². The van der Waals surface area contributed by atoms with Gasteiger partial charge in [0.15, 0.2) is 11.6 Å². The normalized spacial score (nSPS) is 11.8. The number of hydrogen-bond donors (Lipinski definition) is 0. The minimum Gasteiger partial charge on any atom is -0.310 e. The van der Waals surface area contributed by atoms with Crippen molar-refractivity contribution < 1.29 is 17.6 Å². The quantitative estimate of drug-likeness (QED) is 0.608. The van der Waals surface area contributed by atoms with Crippen LogP contribution < -0.4 is 0 Å². The molecular weight excluding hydrogens is 346 g/mol. The van der Waals surface area contributed by atoms with E-state index in [1.165, 1.54) is 41.9 Å². The van der Waals surface area contributed by atoms with Crippen molar-refractivity contribution in [3.63, 3.8) is 0 Å². The van der Waals surface area contributed by atoms with E-state index in [2.05, 4.69) is 10.2 Å². The average molecular weight is 356 g/mol. The Morgan fingerprint density at radius 2 is 1.58 bits per heavy atom. The number of aromatic nitrogens is 3. The van der Waals surface area contributed by atoms with E-state index in [-0.39, 0.29) is 27.8 Å². The molecule has 0 saturated heterocycles. The summed E-state index contributed by atoms with van der Waals surface area (Å²) in [6.45, 7) is 0. The van der Waals surface area contributed by atoms with Crippen molar-refractivity contribution in [3.05, 3.63) is 58.9 Å². The summed E-state index contributed by atoms with van der Waals surface area (Å²) in [5, 5.41) is 7.86. The van der Waals surface area contributed by atoms with Crippen LogP contribution in [0.25, 0.3) is 22.8 Å². The molecule has 0 atom stereocenters. The Hall–Kier alpha value is -2.41. The number of alkyl halides is 3. The number of rotatable bonds is 2. The number of nitrogens with zero attached hydrogens (tertiary/aromatic N) is 3. The fourth-order valence-electron chi connectivity index (χ4n) is 2.39. The molecule has 3 aromatic rings. The van der Waals surface area contributed by atoms with E-state index in [0.717, 1.165) is 12.1 Å². The second kappa shape index (κ2) is 5.90. The summed E-state index contributed by atoms with van der Waals surface area (Å²) < 4.78 is 54.9. The molecular formula is C16H10ClF4N3. The van der Waals surface area contributed by atoms with E-state index in [9.17, 15) is 17.6 Å². The van der Waals surface area contributed by atoms with Gasteiger partial charge in [0.25, 0.3) is 0 Å². The maximum atomic E-state index is 14.1. The molecule has 0 amide bonds. The van der Waals surface area contributed by atoms with Gasteiger partial charge in [-0.05, 0) is 24.3 Å². The minimum absolute atomic E-state index is 0.00715. The van der Waals surface area contributed by atoms with Crippen LogP contribution in [-0.2, 0) is 13.2 Å². The van der Waals surface area contributed by atoms with Crippen molar-refractivity contribution in [2.24, 2.45) is 7.05 Å². The maximum Gasteiger partial charge on any atom is 0.417 e. The van der Waals surface area contributed by atoms with Crippen LogP contribution >= 0.6 is 11.6 Å². The maximum absolute atomic E-state index is 14.1. The highest BCUT2D eigenvalue weighted by Crippen LogP contribution is 2.37. The van der Waals surface area contributed by atoms with Gasteiger partial charge in [0.2, 0.25) is 0 Å². The van der Waals surface area contributed by atoms with Crippen LogP contribution in [0.3, 0.4) is 0 Å². The van der Waals surface area contributed by atoms with Crippen molar-refractivity contribution in [2.75, 3.05) is 0 Å². The monoisotopic (exact) mass is 355 g/mol. The third-order valence-electron chi connectivity index (χ3n) is 3.52. The van der Waals surface area contributed by atoms with E-state index in [1.54, 1.807) is 0 Å². The standard InChI is InChI=1S/C16H10ClF4N3/c1-24-14(10-4-2-3-5-12(10)16(19,20)21)22-23-15(24)11-7-6-9(17)8-13(11)18/h2-8H,1H3. The number of halogens is 5. The van der Waals surface area contributed by atoms with Gasteiger partial charge in [-0.3, -0.25) is 0 Å². The van der Waals surface area contributed by atoms with Crippen molar-refractivity contribution in [1.82, 2.24) is 14.8 Å². The largest absolute Gasteiger partial charge is 0.417 e. The van der Waals surface area contributed by atoms with Gasteiger partial charge in [-0.1, -0.05) is 29.8 Å². The average Bonchev–Trinajstić information content (AvgIpc) is 2.88. The van der Waals surface area contributed by atoms with Gasteiger partial charge in [-0.25, -0.2) is 4.39 Å². The Labute approximate surface area is 139 Å². The molecule has 3 nitrogen and oxygen atoms in total. The zero-order valence-corrected chi connectivity index (χ0v) is 13.0. The third kappa shape index (κ3) is 2.87. The smallest absolute Gasteiger partial charge is 0.310 e. The molecule has 2 aromatic carbocycles. The second-order valence-corrected chi connectivity index (χ2v) is 5.51. The van der Waals surface area contributed by atoms with Crippen molar-refractivity contribution in [1.29, 1.82) is 0 Å². The predicted octanol–water partition coefficient (Wildman–Crippen LogP) is 4.96. The Kier molecular flexibility index (Phi) is 4.04. The van der Waals surface area contributed by atoms with Gasteiger partial charge in [0.1, 0.15) is 5.82 Å². The van der Waals surface area contributed by atoms with Gasteiger partial charge in [0, 0.05) is 17.6 Å². The lowest BCUT2D eigenvalue weighted by Crippen LogP contribution is -2.08. The molecule has 0 fully saturated rings. The molecule has 0 unspecified atom stereocenters. The van der Waals surface area contributed by atoms with Crippen LogP contribution in [0, 0.1) is 5.82 Å². The van der Waals surface area contributed by atoms with Gasteiger partial charge in [0.05, 0.1) is 11.1 Å². The van der Waals surface area contributed by atoms with E-state index in [1.807, 2.05) is 0 Å². The molecule has 8 heteroatoms. The summed E-state index contributed by atoms with van der Waals surface area (Å²) in [5.41, 5.74) is -0.852. The summed E-state index contributed by atoms with van der Waals surface area (Å²) in [7, 11) is 1.48. The zero-order valence-electron chi connectivity index (χ0n) is 12.3. The third-order valence-corrected chi connectivity index (χ3v) is 3.76. The molecule has 0 aliphatic heterocycles. The van der Waals surface area contributed by atoms with E-state index < -0.39 is 17.6 Å². The first-order valence-corrected chi connectivity index (χ1v) is 7.18. The summed E-state index contributed by atoms with van der Waals surface area (Å²) >= 11 is 5.71. The first kappa shape index (κ1) is 16.4. The van der Waals surface area contributed by atoms with Gasteiger partial charge in [-0.15, -0.1) is 10.2 Å². The summed E-state index contributed by atoms with van der Waals surface area (Å²) in [6.07, 6.45) is -4.53. The predicted molar refractivity (Wildman–Crippen MR) is 81.8 cm³/mol. The lowest BCUT2D eigenvalue weighted by Gasteiger charge is -2.12. The molecule has 0 spiro atoms. The molecule has 0 radical (unpaired) electrons. The summed E-state index contributed by atoms with van der Waals surface area (Å²) in [5.74, 6) is -0.530. The van der Waals surface area contributed by atoms with E-state index in [4.69, 9.17) is 11.6 Å². The first-order chi connectivity index (χ1) is 11.3. The molecule has 0 aliphatic rings. The molecule has 0 aliphatic carbocycles. The lowest BCUT2D eigenvalue weighted by atomic mass is 10.1. The topological polar surface area (TPSA) is 30.7 Å². The molecule has 124 valence electrons. The Morgan fingerprint density at radius 3 is 2.21 bits per heavy atom. The molecule has 3 rings (SSSR count). The summed E-state index contributed by atoms with van der Waals surface area (Å²) in [6, 6.07) is 9.01. The fourth-order valence-corrected chi connectivity index (χ4v) is 2.55. The Bertz CT molecular complexity index is 903.